The molecule has 0 spiro atoms. The third-order valence-electron chi connectivity index (χ3n) is 4.36. The van der Waals surface area contributed by atoms with Crippen molar-refractivity contribution < 1.29 is 13.2 Å². The molecule has 5 nitrogen and oxygen atoms in total. The molecule has 2 aromatic rings. The summed E-state index contributed by atoms with van der Waals surface area (Å²) in [6, 6.07) is 9.51. The lowest BCUT2D eigenvalue weighted by Gasteiger charge is -2.17. The van der Waals surface area contributed by atoms with Crippen molar-refractivity contribution in [3.8, 4) is 0 Å². The molecule has 26 heavy (non-hydrogen) atoms. The first-order valence-corrected chi connectivity index (χ1v) is 10.4. The van der Waals surface area contributed by atoms with Crippen LogP contribution in [0.15, 0.2) is 41.3 Å². The topological polar surface area (TPSA) is 66.5 Å². The summed E-state index contributed by atoms with van der Waals surface area (Å²) in [4.78, 5) is 12.8. The standard InChI is InChI=1S/C18H18Cl2N2O3S/c1-12-7-8-13(26(24,25)22-9-2-3-10-22)11-14(12)18(23)21-16-6-4-5-15(19)17(16)20/h4-8,11H,2-3,9-10H2,1H3,(H,21,23). The SMILES string of the molecule is Cc1ccc(S(=O)(=O)N2CCCC2)cc1C(=O)Nc1cccc(Cl)c1Cl. The Bertz CT molecular complexity index is 955. The molecule has 3 rings (SSSR count). The van der Waals surface area contributed by atoms with Gasteiger partial charge in [0.05, 0.1) is 20.6 Å². The van der Waals surface area contributed by atoms with Crippen LogP contribution in [0.3, 0.4) is 0 Å². The van der Waals surface area contributed by atoms with Gasteiger partial charge in [-0.3, -0.25) is 4.79 Å². The highest BCUT2D eigenvalue weighted by Crippen LogP contribution is 2.30. The predicted octanol–water partition coefficient (Wildman–Crippen LogP) is 4.34. The third-order valence-corrected chi connectivity index (χ3v) is 7.07. The summed E-state index contributed by atoms with van der Waals surface area (Å²) < 4.78 is 26.9. The molecule has 2 aromatic carbocycles. The van der Waals surface area contributed by atoms with Crippen LogP contribution in [-0.2, 0) is 10.0 Å². The Balaban J connectivity index is 1.92. The van der Waals surface area contributed by atoms with Crippen LogP contribution in [0.1, 0.15) is 28.8 Å². The van der Waals surface area contributed by atoms with E-state index in [0.717, 1.165) is 12.8 Å². The number of anilines is 1. The molecule has 0 radical (unpaired) electrons. The van der Waals surface area contributed by atoms with Gasteiger partial charge in [0.1, 0.15) is 0 Å². The number of benzene rings is 2. The number of nitrogens with one attached hydrogen (secondary N) is 1. The molecule has 1 aliphatic heterocycles. The lowest BCUT2D eigenvalue weighted by molar-refractivity contribution is 0.102. The molecule has 0 aliphatic carbocycles. The number of nitrogens with zero attached hydrogens (tertiary/aromatic N) is 1. The van der Waals surface area contributed by atoms with Gasteiger partial charge >= 0.3 is 0 Å². The van der Waals surface area contributed by atoms with Gasteiger partial charge < -0.3 is 5.32 Å². The summed E-state index contributed by atoms with van der Waals surface area (Å²) in [6.07, 6.45) is 1.71. The first-order chi connectivity index (χ1) is 12.3. The highest BCUT2D eigenvalue weighted by Gasteiger charge is 2.28. The zero-order valence-electron chi connectivity index (χ0n) is 14.1. The van der Waals surface area contributed by atoms with Crippen molar-refractivity contribution in [3.63, 3.8) is 0 Å². The smallest absolute Gasteiger partial charge is 0.256 e. The Morgan fingerprint density at radius 2 is 1.81 bits per heavy atom. The maximum absolute atomic E-state index is 12.7. The number of carbonyl (C=O) groups excluding carboxylic acids is 1. The second kappa shape index (κ2) is 7.56. The van der Waals surface area contributed by atoms with Crippen molar-refractivity contribution >= 4 is 44.8 Å². The van der Waals surface area contributed by atoms with Gasteiger partial charge in [-0.05, 0) is 49.6 Å². The molecule has 1 heterocycles. The van der Waals surface area contributed by atoms with Gasteiger partial charge in [-0.15, -0.1) is 0 Å². The van der Waals surface area contributed by atoms with Gasteiger partial charge in [0.15, 0.2) is 0 Å². The highest BCUT2D eigenvalue weighted by molar-refractivity contribution is 7.89. The van der Waals surface area contributed by atoms with E-state index in [9.17, 15) is 13.2 Å². The summed E-state index contributed by atoms with van der Waals surface area (Å²) in [5.74, 6) is -0.440. The van der Waals surface area contributed by atoms with Crippen molar-refractivity contribution in [1.29, 1.82) is 0 Å². The van der Waals surface area contributed by atoms with Crippen molar-refractivity contribution in [2.75, 3.05) is 18.4 Å². The fraction of sp³-hybridized carbons (Fsp3) is 0.278. The Morgan fingerprint density at radius 1 is 1.12 bits per heavy atom. The quantitative estimate of drug-likeness (QED) is 0.811. The normalized spacial score (nSPS) is 15.2. The third kappa shape index (κ3) is 3.74. The molecule has 0 aromatic heterocycles. The minimum Gasteiger partial charge on any atom is -0.321 e. The minimum atomic E-state index is -3.59. The fourth-order valence-corrected chi connectivity index (χ4v) is 4.77. The summed E-state index contributed by atoms with van der Waals surface area (Å²) in [7, 11) is -3.59. The molecule has 0 saturated carbocycles. The average Bonchev–Trinajstić information content (AvgIpc) is 3.14. The molecule has 1 amide bonds. The highest BCUT2D eigenvalue weighted by atomic mass is 35.5. The first kappa shape index (κ1) is 19.2. The molecule has 0 bridgehead atoms. The van der Waals surface area contributed by atoms with Crippen molar-refractivity contribution in [3.05, 3.63) is 57.6 Å². The molecule has 1 saturated heterocycles. The molecular weight excluding hydrogens is 395 g/mol. The van der Waals surface area contributed by atoms with E-state index in [0.29, 0.717) is 29.4 Å². The van der Waals surface area contributed by atoms with E-state index in [2.05, 4.69) is 5.32 Å². The number of halogens is 2. The van der Waals surface area contributed by atoms with Gasteiger partial charge in [0.2, 0.25) is 10.0 Å². The van der Waals surface area contributed by atoms with Crippen LogP contribution < -0.4 is 5.32 Å². The Morgan fingerprint density at radius 3 is 2.50 bits per heavy atom. The van der Waals surface area contributed by atoms with E-state index in [1.165, 1.54) is 16.4 Å². The number of carbonyl (C=O) groups is 1. The zero-order valence-corrected chi connectivity index (χ0v) is 16.5. The molecule has 0 atom stereocenters. The van der Waals surface area contributed by atoms with E-state index >= 15 is 0 Å². The van der Waals surface area contributed by atoms with Crippen LogP contribution in [0.5, 0.6) is 0 Å². The fourth-order valence-electron chi connectivity index (χ4n) is 2.87. The van der Waals surface area contributed by atoms with Crippen LogP contribution in [0.25, 0.3) is 0 Å². The lowest BCUT2D eigenvalue weighted by atomic mass is 10.1. The van der Waals surface area contributed by atoms with E-state index in [4.69, 9.17) is 23.2 Å². The maximum atomic E-state index is 12.7. The number of amides is 1. The van der Waals surface area contributed by atoms with E-state index in [1.54, 1.807) is 31.2 Å². The molecule has 8 heteroatoms. The Kier molecular flexibility index (Phi) is 5.58. The van der Waals surface area contributed by atoms with E-state index in [1.807, 2.05) is 0 Å². The van der Waals surface area contributed by atoms with Gasteiger partial charge in [0.25, 0.3) is 5.91 Å². The van der Waals surface area contributed by atoms with Crippen molar-refractivity contribution in [1.82, 2.24) is 4.31 Å². The second-order valence-corrected chi connectivity index (χ2v) is 8.87. The number of sulfonamides is 1. The number of hydrogen-bond donors (Lipinski definition) is 1. The molecular formula is C18H18Cl2N2O3S. The summed E-state index contributed by atoms with van der Waals surface area (Å²) in [5, 5.41) is 3.26. The van der Waals surface area contributed by atoms with Gasteiger partial charge in [-0.25, -0.2) is 8.42 Å². The first-order valence-electron chi connectivity index (χ1n) is 8.17. The molecule has 138 valence electrons. The maximum Gasteiger partial charge on any atom is 0.256 e. The monoisotopic (exact) mass is 412 g/mol. The summed E-state index contributed by atoms with van der Waals surface area (Å²) in [5.41, 5.74) is 1.32. The van der Waals surface area contributed by atoms with Crippen LogP contribution >= 0.6 is 23.2 Å². The molecule has 0 unspecified atom stereocenters. The molecule has 1 fully saturated rings. The zero-order chi connectivity index (χ0) is 18.9. The lowest BCUT2D eigenvalue weighted by Crippen LogP contribution is -2.28. The number of hydrogen-bond acceptors (Lipinski definition) is 3. The Labute approximate surface area is 163 Å². The van der Waals surface area contributed by atoms with E-state index in [-0.39, 0.29) is 15.5 Å². The van der Waals surface area contributed by atoms with Crippen molar-refractivity contribution in [2.45, 2.75) is 24.7 Å². The number of aryl methyl sites for hydroxylation is 1. The van der Waals surface area contributed by atoms with Crippen LogP contribution in [0, 0.1) is 6.92 Å². The van der Waals surface area contributed by atoms with Crippen LogP contribution in [0.4, 0.5) is 5.69 Å². The largest absolute Gasteiger partial charge is 0.321 e. The second-order valence-electron chi connectivity index (χ2n) is 6.14. The van der Waals surface area contributed by atoms with Crippen LogP contribution in [0.2, 0.25) is 10.0 Å². The van der Waals surface area contributed by atoms with Gasteiger partial charge in [0, 0.05) is 18.7 Å². The Hall–Kier alpha value is -1.60. The minimum absolute atomic E-state index is 0.118. The van der Waals surface area contributed by atoms with Gasteiger partial charge in [-0.2, -0.15) is 4.31 Å². The van der Waals surface area contributed by atoms with E-state index < -0.39 is 15.9 Å². The predicted molar refractivity (Wildman–Crippen MR) is 104 cm³/mol. The molecule has 1 aliphatic rings. The number of rotatable bonds is 4. The average molecular weight is 413 g/mol. The summed E-state index contributed by atoms with van der Waals surface area (Å²) >= 11 is 12.1. The molecule has 1 N–H and O–H groups in total. The van der Waals surface area contributed by atoms with Crippen LogP contribution in [-0.4, -0.2) is 31.7 Å². The van der Waals surface area contributed by atoms with Gasteiger partial charge in [-0.1, -0.05) is 35.3 Å². The van der Waals surface area contributed by atoms with Crippen molar-refractivity contribution in [2.24, 2.45) is 0 Å². The summed E-state index contributed by atoms with van der Waals surface area (Å²) in [6.45, 7) is 2.77.